The van der Waals surface area contributed by atoms with Gasteiger partial charge in [-0.2, -0.15) is 5.12 Å². The highest BCUT2D eigenvalue weighted by Crippen LogP contribution is 2.39. The van der Waals surface area contributed by atoms with Gasteiger partial charge in [0.1, 0.15) is 12.1 Å². The molecule has 0 fully saturated rings. The molecule has 1 aliphatic carbocycles. The molecule has 0 spiro atoms. The number of allylic oxidation sites excluding steroid dienone is 2. The van der Waals surface area contributed by atoms with Gasteiger partial charge in [-0.05, 0) is 49.3 Å². The highest BCUT2D eigenvalue weighted by molar-refractivity contribution is 6.18. The second kappa shape index (κ2) is 14.1. The average molecular weight is 527 g/mol. The monoisotopic (exact) mass is 526 g/mol. The lowest BCUT2D eigenvalue weighted by Crippen LogP contribution is -2.63. The largest absolute Gasteiger partial charge is 0.480 e. The van der Waals surface area contributed by atoms with Gasteiger partial charge in [-0.15, -0.1) is 23.2 Å². The van der Waals surface area contributed by atoms with Crippen molar-refractivity contribution < 1.29 is 19.4 Å². The summed E-state index contributed by atoms with van der Waals surface area (Å²) in [5, 5.41) is 10.9. The predicted octanol–water partition coefficient (Wildman–Crippen LogP) is 2.67. The smallest absolute Gasteiger partial charge is 0.320 e. The van der Waals surface area contributed by atoms with Gasteiger partial charge in [0.15, 0.2) is 11.4 Å². The summed E-state index contributed by atoms with van der Waals surface area (Å²) < 4.78 is 5.98. The number of carbonyl (C=O) groups excluding carboxylic acids is 1. The first-order valence-corrected chi connectivity index (χ1v) is 12.7. The molecule has 8 nitrogen and oxygen atoms in total. The Morgan fingerprint density at radius 2 is 1.66 bits per heavy atom. The van der Waals surface area contributed by atoms with Crippen LogP contribution in [-0.2, 0) is 20.7 Å². The molecule has 35 heavy (non-hydrogen) atoms. The Labute approximate surface area is 217 Å². The SMILES string of the molecule is COC1(C(=O)C(Cc2ccccc2)N(NCCCl)NCCCl)C(C)=CC(CC(N)C(=O)O)C=C1C. The number of hydrazine groups is 2. The molecular weight excluding hydrogens is 491 g/mol. The van der Waals surface area contributed by atoms with Crippen LogP contribution in [-0.4, -0.2) is 71.6 Å². The molecule has 2 unspecified atom stereocenters. The molecule has 0 bridgehead atoms. The average Bonchev–Trinajstić information content (AvgIpc) is 2.83. The van der Waals surface area contributed by atoms with Crippen LogP contribution in [0.15, 0.2) is 53.6 Å². The molecule has 2 rings (SSSR count). The minimum atomic E-state index is -1.31. The molecule has 1 aromatic carbocycles. The number of aliphatic carboxylic acids is 1. The maximum atomic E-state index is 14.4. The van der Waals surface area contributed by atoms with Crippen LogP contribution in [0.4, 0.5) is 0 Å². The lowest BCUT2D eigenvalue weighted by molar-refractivity contribution is -0.143. The Hall–Kier alpha value is -1.78. The molecule has 0 aromatic heterocycles. The van der Waals surface area contributed by atoms with Crippen molar-refractivity contribution in [2.45, 2.75) is 44.4 Å². The third-order valence-corrected chi connectivity index (χ3v) is 6.55. The zero-order valence-corrected chi connectivity index (χ0v) is 22.0. The summed E-state index contributed by atoms with van der Waals surface area (Å²) in [4.78, 5) is 25.6. The van der Waals surface area contributed by atoms with Gasteiger partial charge in [0.25, 0.3) is 0 Å². The zero-order valence-electron chi connectivity index (χ0n) is 20.5. The number of hydrogen-bond acceptors (Lipinski definition) is 7. The second-order valence-electron chi connectivity index (χ2n) is 8.56. The van der Waals surface area contributed by atoms with Crippen LogP contribution in [0, 0.1) is 5.92 Å². The van der Waals surface area contributed by atoms with Crippen molar-refractivity contribution in [1.29, 1.82) is 0 Å². The Morgan fingerprint density at radius 1 is 1.11 bits per heavy atom. The molecule has 0 saturated heterocycles. The van der Waals surface area contributed by atoms with E-state index in [4.69, 9.17) is 33.7 Å². The number of ether oxygens (including phenoxy) is 1. The van der Waals surface area contributed by atoms with Crippen LogP contribution in [0.1, 0.15) is 25.8 Å². The summed E-state index contributed by atoms with van der Waals surface area (Å²) in [6, 6.07) is 8.05. The topological polar surface area (TPSA) is 117 Å². The maximum Gasteiger partial charge on any atom is 0.320 e. The Bertz CT molecular complexity index is 882. The van der Waals surface area contributed by atoms with Crippen molar-refractivity contribution in [2.75, 3.05) is 32.0 Å². The highest BCUT2D eigenvalue weighted by atomic mass is 35.5. The minimum Gasteiger partial charge on any atom is -0.480 e. The number of carboxylic acids is 1. The first-order valence-electron chi connectivity index (χ1n) is 11.6. The standard InChI is InChI=1S/C25H36Cl2N4O4/c1-17-13-20(15-21(28)24(33)34)14-18(2)25(17,35-3)23(32)22(16-19-7-5-4-6-8-19)31(29-11-9-26)30-12-10-27/h4-8,13-14,20-22,29-30H,9-12,15-16,28H2,1-3H3,(H,33,34). The first kappa shape index (κ1) is 29.5. The molecule has 0 radical (unpaired) electrons. The summed E-state index contributed by atoms with van der Waals surface area (Å²) in [6.45, 7) is 4.54. The number of methoxy groups -OCH3 is 1. The normalized spacial score (nSPS) is 21.9. The van der Waals surface area contributed by atoms with Gasteiger partial charge in [0, 0.05) is 32.0 Å². The quantitative estimate of drug-likeness (QED) is 0.156. The fraction of sp³-hybridized carbons (Fsp3) is 0.520. The zero-order chi connectivity index (χ0) is 26.0. The van der Waals surface area contributed by atoms with E-state index < -0.39 is 23.7 Å². The summed E-state index contributed by atoms with van der Waals surface area (Å²) >= 11 is 11.9. The van der Waals surface area contributed by atoms with Crippen LogP contribution >= 0.6 is 23.2 Å². The third kappa shape index (κ3) is 7.36. The Balaban J connectivity index is 2.48. The van der Waals surface area contributed by atoms with E-state index in [1.165, 1.54) is 7.11 Å². The number of carbonyl (C=O) groups is 2. The number of nitrogens with one attached hydrogen (secondary N) is 2. The summed E-state index contributed by atoms with van der Waals surface area (Å²) in [6.07, 6.45) is 4.38. The number of Topliss-reactive ketones (excluding diaryl/α,β-unsaturated/α-hetero) is 1. The second-order valence-corrected chi connectivity index (χ2v) is 9.32. The van der Waals surface area contributed by atoms with Crippen molar-refractivity contribution in [3.8, 4) is 0 Å². The van der Waals surface area contributed by atoms with Gasteiger partial charge in [0.2, 0.25) is 0 Å². The number of hydrogen-bond donors (Lipinski definition) is 4. The van der Waals surface area contributed by atoms with E-state index in [9.17, 15) is 14.7 Å². The maximum absolute atomic E-state index is 14.4. The van der Waals surface area contributed by atoms with Crippen molar-refractivity contribution in [3.05, 3.63) is 59.2 Å². The van der Waals surface area contributed by atoms with E-state index in [0.29, 0.717) is 42.4 Å². The van der Waals surface area contributed by atoms with Crippen LogP contribution < -0.4 is 16.6 Å². The predicted molar refractivity (Wildman–Crippen MR) is 139 cm³/mol. The number of carboxylic acid groups (broad SMARTS) is 1. The molecule has 0 saturated carbocycles. The van der Waals surface area contributed by atoms with Gasteiger partial charge in [-0.25, -0.2) is 10.9 Å². The van der Waals surface area contributed by atoms with Crippen LogP contribution in [0.2, 0.25) is 0 Å². The fourth-order valence-corrected chi connectivity index (χ4v) is 4.72. The third-order valence-electron chi connectivity index (χ3n) is 6.17. The van der Waals surface area contributed by atoms with Gasteiger partial charge in [-0.1, -0.05) is 42.5 Å². The summed E-state index contributed by atoms with van der Waals surface area (Å²) in [5.74, 6) is -0.745. The number of halogens is 2. The number of benzene rings is 1. The van der Waals surface area contributed by atoms with E-state index in [2.05, 4.69) is 10.9 Å². The molecule has 5 N–H and O–H groups in total. The molecule has 10 heteroatoms. The van der Waals surface area contributed by atoms with Crippen molar-refractivity contribution >= 4 is 35.0 Å². The summed E-state index contributed by atoms with van der Waals surface area (Å²) in [5.41, 5.74) is 13.2. The van der Waals surface area contributed by atoms with E-state index in [1.807, 2.05) is 56.3 Å². The number of rotatable bonds is 15. The van der Waals surface area contributed by atoms with E-state index in [0.717, 1.165) is 5.56 Å². The van der Waals surface area contributed by atoms with Crippen LogP contribution in [0.25, 0.3) is 0 Å². The number of nitrogens with two attached hydrogens (primary N) is 1. The molecule has 1 aromatic rings. The Morgan fingerprint density at radius 3 is 2.11 bits per heavy atom. The van der Waals surface area contributed by atoms with Gasteiger partial charge >= 0.3 is 5.97 Å². The van der Waals surface area contributed by atoms with Crippen molar-refractivity contribution in [1.82, 2.24) is 16.0 Å². The molecule has 0 aliphatic heterocycles. The van der Waals surface area contributed by atoms with E-state index in [-0.39, 0.29) is 18.1 Å². The van der Waals surface area contributed by atoms with E-state index in [1.54, 1.807) is 5.12 Å². The minimum absolute atomic E-state index is 0.170. The number of alkyl halides is 2. The highest BCUT2D eigenvalue weighted by Gasteiger charge is 2.48. The van der Waals surface area contributed by atoms with Gasteiger partial charge in [-0.3, -0.25) is 9.59 Å². The molecule has 0 amide bonds. The van der Waals surface area contributed by atoms with E-state index >= 15 is 0 Å². The van der Waals surface area contributed by atoms with Crippen LogP contribution in [0.5, 0.6) is 0 Å². The molecule has 0 heterocycles. The molecule has 2 atom stereocenters. The van der Waals surface area contributed by atoms with Gasteiger partial charge in [0.05, 0.1) is 0 Å². The lowest BCUT2D eigenvalue weighted by Gasteiger charge is -2.42. The van der Waals surface area contributed by atoms with Crippen molar-refractivity contribution in [2.24, 2.45) is 11.7 Å². The van der Waals surface area contributed by atoms with Crippen LogP contribution in [0.3, 0.4) is 0 Å². The number of nitrogens with zero attached hydrogens (tertiary/aromatic N) is 1. The lowest BCUT2D eigenvalue weighted by atomic mass is 9.73. The number of ketones is 1. The first-order chi connectivity index (χ1) is 16.7. The molecule has 194 valence electrons. The molecular formula is C25H36Cl2N4O4. The van der Waals surface area contributed by atoms with Gasteiger partial charge < -0.3 is 15.6 Å². The Kier molecular flexibility index (Phi) is 11.9. The van der Waals surface area contributed by atoms with Crippen molar-refractivity contribution in [3.63, 3.8) is 0 Å². The fourth-order valence-electron chi connectivity index (χ4n) is 4.55. The molecule has 1 aliphatic rings. The summed E-state index contributed by atoms with van der Waals surface area (Å²) in [7, 11) is 1.51.